The normalized spacial score (nSPS) is 11.1. The topological polar surface area (TPSA) is 104 Å². The number of carbonyl (C=O) groups is 1. The Morgan fingerprint density at radius 3 is 2.47 bits per heavy atom. The average Bonchev–Trinajstić information content (AvgIpc) is 3.28. The molecule has 10 heteroatoms. The fourth-order valence-corrected chi connectivity index (χ4v) is 3.75. The molecule has 1 amide bonds. The van der Waals surface area contributed by atoms with Crippen LogP contribution in [0.15, 0.2) is 70.8 Å². The van der Waals surface area contributed by atoms with Crippen molar-refractivity contribution in [3.63, 3.8) is 0 Å². The molecular formula is C24H26N6O4. The van der Waals surface area contributed by atoms with Crippen molar-refractivity contribution in [1.82, 2.24) is 28.6 Å². The molecule has 4 aromatic rings. The Kier molecular flexibility index (Phi) is 6.98. The predicted octanol–water partition coefficient (Wildman–Crippen LogP) is 1.11. The van der Waals surface area contributed by atoms with E-state index in [1.807, 2.05) is 42.5 Å². The number of carbonyl (C=O) groups excluding carboxylic acids is 1. The van der Waals surface area contributed by atoms with Gasteiger partial charge < -0.3 is 14.2 Å². The summed E-state index contributed by atoms with van der Waals surface area (Å²) in [5.41, 5.74) is 1.19. The first kappa shape index (κ1) is 23.1. The number of ether oxygens (including phenoxy) is 1. The number of rotatable bonds is 9. The Bertz CT molecular complexity index is 1390. The highest BCUT2D eigenvalue weighted by Crippen LogP contribution is 2.10. The number of aromatic nitrogens is 5. The largest absolute Gasteiger partial charge is 0.383 e. The zero-order valence-electron chi connectivity index (χ0n) is 19.1. The van der Waals surface area contributed by atoms with E-state index in [4.69, 9.17) is 4.74 Å². The van der Waals surface area contributed by atoms with Crippen LogP contribution in [0.2, 0.25) is 0 Å². The lowest BCUT2D eigenvalue weighted by molar-refractivity contribution is -0.131. The zero-order valence-corrected chi connectivity index (χ0v) is 19.1. The number of hydrogen-bond acceptors (Lipinski definition) is 6. The van der Waals surface area contributed by atoms with Crippen LogP contribution in [0.4, 0.5) is 0 Å². The highest BCUT2D eigenvalue weighted by atomic mass is 16.5. The van der Waals surface area contributed by atoms with E-state index in [9.17, 15) is 14.4 Å². The zero-order chi connectivity index (χ0) is 24.1. The van der Waals surface area contributed by atoms with Crippen molar-refractivity contribution in [2.45, 2.75) is 26.2 Å². The molecule has 0 aliphatic carbocycles. The first-order valence-electron chi connectivity index (χ1n) is 10.8. The molecule has 176 valence electrons. The number of nitrogens with zero attached hydrogens (tertiary/aromatic N) is 6. The van der Waals surface area contributed by atoms with Gasteiger partial charge in [-0.3, -0.25) is 19.1 Å². The van der Waals surface area contributed by atoms with Gasteiger partial charge in [0.15, 0.2) is 11.2 Å². The van der Waals surface area contributed by atoms with Crippen LogP contribution in [0.3, 0.4) is 0 Å². The van der Waals surface area contributed by atoms with Crippen LogP contribution >= 0.6 is 0 Å². The summed E-state index contributed by atoms with van der Waals surface area (Å²) in [6.45, 7) is 0.943. The Hall–Kier alpha value is -4.05. The first-order valence-corrected chi connectivity index (χ1v) is 10.8. The van der Waals surface area contributed by atoms with Gasteiger partial charge in [0.25, 0.3) is 5.56 Å². The molecule has 0 unspecified atom stereocenters. The van der Waals surface area contributed by atoms with Crippen LogP contribution in [0.25, 0.3) is 11.2 Å². The van der Waals surface area contributed by atoms with Gasteiger partial charge >= 0.3 is 5.69 Å². The van der Waals surface area contributed by atoms with E-state index < -0.39 is 11.2 Å². The molecule has 0 N–H and O–H groups in total. The number of likely N-dealkylation sites (N-methyl/N-ethyl adjacent to an activating group) is 1. The maximum Gasteiger partial charge on any atom is 0.333 e. The Labute approximate surface area is 195 Å². The van der Waals surface area contributed by atoms with Gasteiger partial charge in [-0.25, -0.2) is 14.3 Å². The van der Waals surface area contributed by atoms with E-state index in [-0.39, 0.29) is 30.2 Å². The summed E-state index contributed by atoms with van der Waals surface area (Å²) >= 11 is 0. The second-order valence-electron chi connectivity index (χ2n) is 7.95. The van der Waals surface area contributed by atoms with Gasteiger partial charge in [0.2, 0.25) is 5.91 Å². The van der Waals surface area contributed by atoms with Crippen molar-refractivity contribution in [2.75, 3.05) is 20.8 Å². The summed E-state index contributed by atoms with van der Waals surface area (Å²) in [6.07, 6.45) is 4.82. The van der Waals surface area contributed by atoms with Crippen LogP contribution in [0.5, 0.6) is 0 Å². The minimum atomic E-state index is -0.580. The van der Waals surface area contributed by atoms with Crippen LogP contribution in [0, 0.1) is 0 Å². The summed E-state index contributed by atoms with van der Waals surface area (Å²) in [6, 6.07) is 13.0. The SMILES string of the molecule is COCCn1cnc2c1c(=O)n(CC(=O)N(C)Cc1ccncc1)c(=O)n2Cc1ccccc1. The van der Waals surface area contributed by atoms with Gasteiger partial charge in [0.05, 0.1) is 19.5 Å². The molecule has 10 nitrogen and oxygen atoms in total. The molecule has 0 saturated heterocycles. The molecule has 0 fully saturated rings. The fourth-order valence-electron chi connectivity index (χ4n) is 3.75. The van der Waals surface area contributed by atoms with E-state index in [0.717, 1.165) is 15.7 Å². The third-order valence-corrected chi connectivity index (χ3v) is 5.59. The minimum Gasteiger partial charge on any atom is -0.383 e. The lowest BCUT2D eigenvalue weighted by atomic mass is 10.2. The van der Waals surface area contributed by atoms with Gasteiger partial charge in [-0.15, -0.1) is 0 Å². The molecule has 0 aliphatic heterocycles. The number of imidazole rings is 1. The highest BCUT2D eigenvalue weighted by molar-refractivity contribution is 5.76. The smallest absolute Gasteiger partial charge is 0.333 e. The molecule has 0 bridgehead atoms. The van der Waals surface area contributed by atoms with Crippen molar-refractivity contribution in [2.24, 2.45) is 0 Å². The molecule has 1 aromatic carbocycles. The van der Waals surface area contributed by atoms with E-state index in [1.54, 1.807) is 31.1 Å². The van der Waals surface area contributed by atoms with Crippen LogP contribution in [-0.4, -0.2) is 55.2 Å². The lowest BCUT2D eigenvalue weighted by Crippen LogP contribution is -2.44. The summed E-state index contributed by atoms with van der Waals surface area (Å²) in [5.74, 6) is -0.357. The Morgan fingerprint density at radius 1 is 1.03 bits per heavy atom. The third-order valence-electron chi connectivity index (χ3n) is 5.59. The molecular weight excluding hydrogens is 436 g/mol. The molecule has 3 aromatic heterocycles. The van der Waals surface area contributed by atoms with Gasteiger partial charge in [0.1, 0.15) is 6.54 Å². The maximum absolute atomic E-state index is 13.4. The monoisotopic (exact) mass is 462 g/mol. The highest BCUT2D eigenvalue weighted by Gasteiger charge is 2.21. The van der Waals surface area contributed by atoms with Crippen molar-refractivity contribution in [3.8, 4) is 0 Å². The number of hydrogen-bond donors (Lipinski definition) is 0. The van der Waals surface area contributed by atoms with Crippen molar-refractivity contribution in [3.05, 3.63) is 93.2 Å². The number of methoxy groups -OCH3 is 1. The predicted molar refractivity (Wildman–Crippen MR) is 126 cm³/mol. The molecule has 0 radical (unpaired) electrons. The number of amides is 1. The number of benzene rings is 1. The second kappa shape index (κ2) is 10.3. The molecule has 3 heterocycles. The summed E-state index contributed by atoms with van der Waals surface area (Å²) in [7, 11) is 3.21. The van der Waals surface area contributed by atoms with E-state index in [1.165, 1.54) is 15.8 Å². The summed E-state index contributed by atoms with van der Waals surface area (Å²) in [4.78, 5) is 49.6. The Balaban J connectivity index is 1.75. The number of fused-ring (bicyclic) bond motifs is 1. The average molecular weight is 463 g/mol. The fraction of sp³-hybridized carbons (Fsp3) is 0.292. The van der Waals surface area contributed by atoms with Gasteiger partial charge in [-0.05, 0) is 23.3 Å². The van der Waals surface area contributed by atoms with E-state index in [2.05, 4.69) is 9.97 Å². The first-order chi connectivity index (χ1) is 16.5. The molecule has 0 saturated carbocycles. The van der Waals surface area contributed by atoms with Crippen molar-refractivity contribution < 1.29 is 9.53 Å². The van der Waals surface area contributed by atoms with Crippen LogP contribution in [0.1, 0.15) is 11.1 Å². The Morgan fingerprint density at radius 2 is 1.76 bits per heavy atom. The summed E-state index contributed by atoms with van der Waals surface area (Å²) in [5, 5.41) is 0. The van der Waals surface area contributed by atoms with Crippen molar-refractivity contribution >= 4 is 17.1 Å². The standard InChI is InChI=1S/C24H26N6O4/c1-27(14-19-8-10-25-11-9-19)20(31)16-30-23(32)21-22(26-17-28(21)12-13-34-2)29(24(30)33)15-18-6-4-3-5-7-18/h3-11,17H,12-16H2,1-2H3. The maximum atomic E-state index is 13.4. The molecule has 4 rings (SSSR count). The lowest BCUT2D eigenvalue weighted by Gasteiger charge is -2.18. The van der Waals surface area contributed by atoms with Crippen LogP contribution in [-0.2, 0) is 35.7 Å². The van der Waals surface area contributed by atoms with Gasteiger partial charge in [0, 0.05) is 39.6 Å². The van der Waals surface area contributed by atoms with E-state index in [0.29, 0.717) is 19.7 Å². The van der Waals surface area contributed by atoms with E-state index >= 15 is 0 Å². The minimum absolute atomic E-state index is 0.221. The quantitative estimate of drug-likeness (QED) is 0.369. The van der Waals surface area contributed by atoms with Crippen LogP contribution < -0.4 is 11.2 Å². The summed E-state index contributed by atoms with van der Waals surface area (Å²) < 4.78 is 9.23. The number of pyridine rings is 1. The van der Waals surface area contributed by atoms with Gasteiger partial charge in [-0.2, -0.15) is 0 Å². The molecule has 34 heavy (non-hydrogen) atoms. The molecule has 0 aliphatic rings. The molecule has 0 spiro atoms. The third kappa shape index (κ3) is 4.81. The van der Waals surface area contributed by atoms with Crippen molar-refractivity contribution in [1.29, 1.82) is 0 Å². The molecule has 0 atom stereocenters. The second-order valence-corrected chi connectivity index (χ2v) is 7.95. The van der Waals surface area contributed by atoms with Gasteiger partial charge in [-0.1, -0.05) is 30.3 Å².